The second-order valence-electron chi connectivity index (χ2n) is 6.84. The Morgan fingerprint density at radius 3 is 2.78 bits per heavy atom. The Balaban J connectivity index is 1.74. The summed E-state index contributed by atoms with van der Waals surface area (Å²) in [5, 5.41) is 2.67. The van der Waals surface area contributed by atoms with Crippen LogP contribution in [0.25, 0.3) is 0 Å². The van der Waals surface area contributed by atoms with E-state index < -0.39 is 0 Å². The van der Waals surface area contributed by atoms with Crippen molar-refractivity contribution in [3.63, 3.8) is 0 Å². The molecule has 0 radical (unpaired) electrons. The molecule has 1 aliphatic carbocycles. The van der Waals surface area contributed by atoms with Crippen LogP contribution in [0.2, 0.25) is 0 Å². The molecule has 128 valence electrons. The number of aromatic nitrogens is 1. The molecular formula is C17H27N3O2S. The zero-order valence-electron chi connectivity index (χ0n) is 13.9. The minimum atomic E-state index is 0.0519. The van der Waals surface area contributed by atoms with E-state index in [2.05, 4.69) is 11.9 Å². The fourth-order valence-corrected chi connectivity index (χ4v) is 4.26. The van der Waals surface area contributed by atoms with Crippen LogP contribution in [0.4, 0.5) is 0 Å². The number of carbonyl (C=O) groups is 1. The van der Waals surface area contributed by atoms with Gasteiger partial charge in [-0.15, -0.1) is 11.3 Å². The van der Waals surface area contributed by atoms with Crippen molar-refractivity contribution in [3.05, 3.63) is 16.1 Å². The van der Waals surface area contributed by atoms with E-state index in [1.165, 1.54) is 24.2 Å². The third kappa shape index (κ3) is 4.11. The van der Waals surface area contributed by atoms with E-state index in [0.29, 0.717) is 24.8 Å². The number of nitrogens with zero attached hydrogens (tertiary/aromatic N) is 2. The highest BCUT2D eigenvalue weighted by atomic mass is 32.1. The molecule has 1 amide bonds. The van der Waals surface area contributed by atoms with E-state index in [-0.39, 0.29) is 12.0 Å². The van der Waals surface area contributed by atoms with Crippen LogP contribution in [0.3, 0.4) is 0 Å². The first-order valence-corrected chi connectivity index (χ1v) is 9.62. The molecule has 6 heteroatoms. The van der Waals surface area contributed by atoms with E-state index in [4.69, 9.17) is 10.5 Å². The van der Waals surface area contributed by atoms with Gasteiger partial charge in [0.2, 0.25) is 0 Å². The average molecular weight is 337 g/mol. The van der Waals surface area contributed by atoms with Crippen LogP contribution in [-0.4, -0.2) is 41.1 Å². The Morgan fingerprint density at radius 1 is 1.39 bits per heavy atom. The lowest BCUT2D eigenvalue weighted by Gasteiger charge is -2.37. The van der Waals surface area contributed by atoms with Gasteiger partial charge < -0.3 is 15.4 Å². The zero-order chi connectivity index (χ0) is 16.2. The van der Waals surface area contributed by atoms with E-state index in [0.717, 1.165) is 43.2 Å². The van der Waals surface area contributed by atoms with Crippen LogP contribution in [-0.2, 0) is 11.3 Å². The summed E-state index contributed by atoms with van der Waals surface area (Å²) in [6.45, 7) is 4.22. The Labute approximate surface area is 142 Å². The normalized spacial score (nSPS) is 28.0. The van der Waals surface area contributed by atoms with Crippen molar-refractivity contribution in [3.8, 4) is 0 Å². The molecule has 23 heavy (non-hydrogen) atoms. The topological polar surface area (TPSA) is 68.5 Å². The van der Waals surface area contributed by atoms with Gasteiger partial charge in [-0.1, -0.05) is 6.92 Å². The predicted molar refractivity (Wildman–Crippen MR) is 91.4 cm³/mol. The molecule has 1 saturated carbocycles. The van der Waals surface area contributed by atoms with Crippen molar-refractivity contribution in [1.29, 1.82) is 0 Å². The molecule has 2 aliphatic rings. The highest BCUT2D eigenvalue weighted by Crippen LogP contribution is 2.29. The van der Waals surface area contributed by atoms with Crippen molar-refractivity contribution in [2.75, 3.05) is 13.2 Å². The first-order valence-electron chi connectivity index (χ1n) is 8.74. The SMILES string of the molecule is CC1CCC(N(CC2CCCO2)C(=O)c2csc(CN)n2)CC1. The molecule has 2 N–H and O–H groups in total. The third-order valence-electron chi connectivity index (χ3n) is 5.06. The van der Waals surface area contributed by atoms with Crippen LogP contribution in [0.5, 0.6) is 0 Å². The Bertz CT molecular complexity index is 520. The van der Waals surface area contributed by atoms with E-state index in [9.17, 15) is 4.79 Å². The fraction of sp³-hybridized carbons (Fsp3) is 0.765. The largest absolute Gasteiger partial charge is 0.376 e. The van der Waals surface area contributed by atoms with Crippen molar-refractivity contribution < 1.29 is 9.53 Å². The van der Waals surface area contributed by atoms with Crippen molar-refractivity contribution in [1.82, 2.24) is 9.88 Å². The molecule has 1 unspecified atom stereocenters. The molecule has 1 atom stereocenters. The van der Waals surface area contributed by atoms with Gasteiger partial charge in [-0.05, 0) is 44.4 Å². The summed E-state index contributed by atoms with van der Waals surface area (Å²) in [6, 6.07) is 0.325. The first kappa shape index (κ1) is 16.9. The standard InChI is InChI=1S/C17H27N3O2S/c1-12-4-6-13(7-5-12)20(10-14-3-2-8-22-14)17(21)15-11-23-16(9-18)19-15/h11-14H,2-10,18H2,1H3. The quantitative estimate of drug-likeness (QED) is 0.897. The molecule has 2 fully saturated rings. The molecule has 1 aliphatic heterocycles. The summed E-state index contributed by atoms with van der Waals surface area (Å²) in [5.74, 6) is 0.824. The van der Waals surface area contributed by atoms with Gasteiger partial charge in [-0.2, -0.15) is 0 Å². The summed E-state index contributed by atoms with van der Waals surface area (Å²) >= 11 is 1.47. The number of hydrogen-bond donors (Lipinski definition) is 1. The molecule has 2 heterocycles. The van der Waals surface area contributed by atoms with Gasteiger partial charge in [0.05, 0.1) is 6.10 Å². The molecule has 1 saturated heterocycles. The smallest absolute Gasteiger partial charge is 0.273 e. The number of rotatable bonds is 5. The molecular weight excluding hydrogens is 310 g/mol. The van der Waals surface area contributed by atoms with Crippen LogP contribution in [0.15, 0.2) is 5.38 Å². The minimum absolute atomic E-state index is 0.0519. The van der Waals surface area contributed by atoms with Crippen molar-refractivity contribution in [2.45, 2.75) is 64.1 Å². The first-order chi connectivity index (χ1) is 11.2. The molecule has 5 nitrogen and oxygen atoms in total. The summed E-state index contributed by atoms with van der Waals surface area (Å²) < 4.78 is 5.78. The van der Waals surface area contributed by atoms with Crippen LogP contribution < -0.4 is 5.73 Å². The van der Waals surface area contributed by atoms with E-state index in [1.807, 2.05) is 10.3 Å². The number of carbonyl (C=O) groups excluding carboxylic acids is 1. The van der Waals surface area contributed by atoms with Gasteiger partial charge >= 0.3 is 0 Å². The second-order valence-corrected chi connectivity index (χ2v) is 7.78. The molecule has 1 aromatic heterocycles. The maximum Gasteiger partial charge on any atom is 0.273 e. The number of amides is 1. The summed E-state index contributed by atoms with van der Waals surface area (Å²) in [6.07, 6.45) is 6.92. The Hall–Kier alpha value is -0.980. The van der Waals surface area contributed by atoms with E-state index >= 15 is 0 Å². The summed E-state index contributed by atoms with van der Waals surface area (Å²) in [4.78, 5) is 19.5. The molecule has 3 rings (SSSR count). The predicted octanol–water partition coefficient (Wildman–Crippen LogP) is 2.80. The maximum absolute atomic E-state index is 13.0. The minimum Gasteiger partial charge on any atom is -0.376 e. The highest BCUT2D eigenvalue weighted by molar-refractivity contribution is 7.09. The second kappa shape index (κ2) is 7.73. The Kier molecular flexibility index (Phi) is 5.67. The molecule has 0 spiro atoms. The lowest BCUT2D eigenvalue weighted by Crippen LogP contribution is -2.46. The Morgan fingerprint density at radius 2 is 2.17 bits per heavy atom. The maximum atomic E-state index is 13.0. The summed E-state index contributed by atoms with van der Waals surface area (Å²) in [7, 11) is 0. The monoisotopic (exact) mass is 337 g/mol. The molecule has 0 bridgehead atoms. The fourth-order valence-electron chi connectivity index (χ4n) is 3.61. The van der Waals surface area contributed by atoms with Gasteiger partial charge in [0.1, 0.15) is 10.7 Å². The zero-order valence-corrected chi connectivity index (χ0v) is 14.7. The lowest BCUT2D eigenvalue weighted by atomic mass is 9.86. The number of nitrogens with two attached hydrogens (primary N) is 1. The number of thiazole rings is 1. The van der Waals surface area contributed by atoms with Crippen LogP contribution >= 0.6 is 11.3 Å². The van der Waals surface area contributed by atoms with Crippen LogP contribution in [0.1, 0.15) is 60.9 Å². The van der Waals surface area contributed by atoms with Gasteiger partial charge in [0, 0.05) is 31.1 Å². The van der Waals surface area contributed by atoms with Gasteiger partial charge in [-0.25, -0.2) is 4.98 Å². The van der Waals surface area contributed by atoms with Gasteiger partial charge in [0.25, 0.3) is 5.91 Å². The summed E-state index contributed by atoms with van der Waals surface area (Å²) in [5.41, 5.74) is 6.18. The molecule has 1 aromatic rings. The lowest BCUT2D eigenvalue weighted by molar-refractivity contribution is 0.0338. The van der Waals surface area contributed by atoms with Crippen LogP contribution in [0, 0.1) is 5.92 Å². The van der Waals surface area contributed by atoms with Gasteiger partial charge in [0.15, 0.2) is 0 Å². The number of ether oxygens (including phenoxy) is 1. The van der Waals surface area contributed by atoms with Crippen molar-refractivity contribution in [2.24, 2.45) is 11.7 Å². The van der Waals surface area contributed by atoms with E-state index in [1.54, 1.807) is 0 Å². The van der Waals surface area contributed by atoms with Crippen molar-refractivity contribution >= 4 is 17.2 Å². The highest BCUT2D eigenvalue weighted by Gasteiger charge is 2.32. The third-order valence-corrected chi connectivity index (χ3v) is 5.93. The average Bonchev–Trinajstić information content (AvgIpc) is 3.24. The molecule has 0 aromatic carbocycles. The number of hydrogen-bond acceptors (Lipinski definition) is 5. The van der Waals surface area contributed by atoms with Gasteiger partial charge in [-0.3, -0.25) is 4.79 Å².